The molecule has 0 aliphatic rings. The van der Waals surface area contributed by atoms with Gasteiger partial charge in [-0.1, -0.05) is 6.07 Å². The van der Waals surface area contributed by atoms with Gasteiger partial charge in [0.15, 0.2) is 17.8 Å². The minimum absolute atomic E-state index is 0.0644. The van der Waals surface area contributed by atoms with Crippen molar-refractivity contribution in [1.82, 2.24) is 0 Å². The van der Waals surface area contributed by atoms with E-state index < -0.39 is 17.6 Å². The molecule has 0 spiro atoms. The van der Waals surface area contributed by atoms with Gasteiger partial charge in [-0.05, 0) is 11.6 Å². The molecule has 5 nitrogen and oxygen atoms in total. The van der Waals surface area contributed by atoms with Gasteiger partial charge in [-0.15, -0.1) is 0 Å². The topological polar surface area (TPSA) is 104 Å². The second-order valence-electron chi connectivity index (χ2n) is 2.81. The first-order valence-electron chi connectivity index (χ1n) is 4.00. The summed E-state index contributed by atoms with van der Waals surface area (Å²) in [5.74, 6) is -0.940. The highest BCUT2D eigenvalue weighted by atomic mass is 16.3. The molecule has 14 heavy (non-hydrogen) atoms. The third kappa shape index (κ3) is 1.68. The third-order valence-corrected chi connectivity index (χ3v) is 1.93. The van der Waals surface area contributed by atoms with Gasteiger partial charge < -0.3 is 21.1 Å². The third-order valence-electron chi connectivity index (χ3n) is 1.93. The van der Waals surface area contributed by atoms with Crippen LogP contribution >= 0.6 is 0 Å². The van der Waals surface area contributed by atoms with E-state index in [1.54, 1.807) is 0 Å². The number of carbonyl (C=O) groups is 1. The molecule has 0 amide bonds. The number of hydrogen-bond acceptors (Lipinski definition) is 5. The standard InChI is InChI=1S/C9H11NO4/c10-3-8(13)5-1-2-7(12)9(14)6(5)4-11/h1-2,4,8,12-14H,3,10H2/t8-/m0/s1. The van der Waals surface area contributed by atoms with E-state index in [9.17, 15) is 15.0 Å². The molecule has 0 bridgehead atoms. The lowest BCUT2D eigenvalue weighted by Crippen LogP contribution is -2.13. The zero-order valence-electron chi connectivity index (χ0n) is 7.34. The number of aromatic hydroxyl groups is 2. The Hall–Kier alpha value is -1.59. The van der Waals surface area contributed by atoms with Crippen LogP contribution in [0.4, 0.5) is 0 Å². The molecule has 0 saturated heterocycles. The molecule has 0 saturated carbocycles. The summed E-state index contributed by atoms with van der Waals surface area (Å²) in [6, 6.07) is 2.53. The van der Waals surface area contributed by atoms with Crippen LogP contribution in [-0.4, -0.2) is 28.2 Å². The molecule has 0 heterocycles. The number of hydrogen-bond donors (Lipinski definition) is 4. The van der Waals surface area contributed by atoms with E-state index in [1.807, 2.05) is 0 Å². The van der Waals surface area contributed by atoms with E-state index in [1.165, 1.54) is 12.1 Å². The smallest absolute Gasteiger partial charge is 0.168 e. The maximum Gasteiger partial charge on any atom is 0.168 e. The lowest BCUT2D eigenvalue weighted by atomic mass is 10.0. The molecule has 0 unspecified atom stereocenters. The van der Waals surface area contributed by atoms with Gasteiger partial charge in [-0.3, -0.25) is 4.79 Å². The summed E-state index contributed by atoms with van der Waals surface area (Å²) in [6.45, 7) is -0.0644. The average molecular weight is 197 g/mol. The van der Waals surface area contributed by atoms with Crippen LogP contribution in [0.5, 0.6) is 11.5 Å². The van der Waals surface area contributed by atoms with Crippen molar-refractivity contribution in [2.24, 2.45) is 5.73 Å². The lowest BCUT2D eigenvalue weighted by Gasteiger charge is -2.12. The van der Waals surface area contributed by atoms with Crippen molar-refractivity contribution in [3.8, 4) is 11.5 Å². The first-order valence-corrected chi connectivity index (χ1v) is 4.00. The quantitative estimate of drug-likeness (QED) is 0.400. The molecule has 0 aliphatic carbocycles. The van der Waals surface area contributed by atoms with Gasteiger partial charge >= 0.3 is 0 Å². The van der Waals surface area contributed by atoms with Gasteiger partial charge in [0.25, 0.3) is 0 Å². The van der Waals surface area contributed by atoms with Crippen molar-refractivity contribution < 1.29 is 20.1 Å². The predicted molar refractivity (Wildman–Crippen MR) is 49.2 cm³/mol. The Balaban J connectivity index is 3.30. The molecular formula is C9H11NO4. The summed E-state index contributed by atoms with van der Waals surface area (Å²) in [7, 11) is 0. The number of carbonyl (C=O) groups excluding carboxylic acids is 1. The largest absolute Gasteiger partial charge is 0.504 e. The number of aliphatic hydroxyl groups excluding tert-OH is 1. The van der Waals surface area contributed by atoms with Crippen LogP contribution < -0.4 is 5.73 Å². The van der Waals surface area contributed by atoms with Crippen LogP contribution in [0.1, 0.15) is 22.0 Å². The van der Waals surface area contributed by atoms with Gasteiger partial charge in [0, 0.05) is 6.54 Å². The lowest BCUT2D eigenvalue weighted by molar-refractivity contribution is 0.111. The summed E-state index contributed by atoms with van der Waals surface area (Å²) < 4.78 is 0. The van der Waals surface area contributed by atoms with Crippen molar-refractivity contribution in [1.29, 1.82) is 0 Å². The normalized spacial score (nSPS) is 12.4. The zero-order chi connectivity index (χ0) is 10.7. The molecular weight excluding hydrogens is 186 g/mol. The summed E-state index contributed by atoms with van der Waals surface area (Å²) in [5, 5.41) is 27.8. The Labute approximate surface area is 80.4 Å². The van der Waals surface area contributed by atoms with Crippen molar-refractivity contribution in [3.63, 3.8) is 0 Å². The van der Waals surface area contributed by atoms with Gasteiger partial charge in [0.05, 0.1) is 11.7 Å². The number of benzene rings is 1. The Morgan fingerprint density at radius 2 is 2.07 bits per heavy atom. The van der Waals surface area contributed by atoms with Crippen LogP contribution in [0.3, 0.4) is 0 Å². The highest BCUT2D eigenvalue weighted by Gasteiger charge is 2.16. The number of phenols is 2. The number of aldehydes is 1. The number of phenolic OH excluding ortho intramolecular Hbond substituents is 2. The highest BCUT2D eigenvalue weighted by molar-refractivity contribution is 5.83. The first-order chi connectivity index (χ1) is 6.61. The predicted octanol–water partition coefficient (Wildman–Crippen LogP) is -0.0976. The molecule has 1 rings (SSSR count). The molecule has 5 N–H and O–H groups in total. The molecule has 0 aromatic heterocycles. The van der Waals surface area contributed by atoms with Crippen molar-refractivity contribution in [3.05, 3.63) is 23.3 Å². The van der Waals surface area contributed by atoms with Gasteiger partial charge in [-0.2, -0.15) is 0 Å². The van der Waals surface area contributed by atoms with E-state index in [4.69, 9.17) is 10.8 Å². The van der Waals surface area contributed by atoms with Gasteiger partial charge in [-0.25, -0.2) is 0 Å². The molecule has 1 atom stereocenters. The molecule has 0 fully saturated rings. The van der Waals surface area contributed by atoms with Crippen LogP contribution in [0.2, 0.25) is 0 Å². The monoisotopic (exact) mass is 197 g/mol. The maximum atomic E-state index is 10.6. The van der Waals surface area contributed by atoms with Crippen LogP contribution in [0.25, 0.3) is 0 Å². The molecule has 5 heteroatoms. The van der Waals surface area contributed by atoms with Crippen molar-refractivity contribution >= 4 is 6.29 Å². The fraction of sp³-hybridized carbons (Fsp3) is 0.222. The molecule has 0 aliphatic heterocycles. The zero-order valence-corrected chi connectivity index (χ0v) is 7.34. The highest BCUT2D eigenvalue weighted by Crippen LogP contribution is 2.32. The molecule has 1 aromatic carbocycles. The van der Waals surface area contributed by atoms with E-state index in [-0.39, 0.29) is 17.7 Å². The summed E-state index contributed by atoms with van der Waals surface area (Å²) in [4.78, 5) is 10.6. The SMILES string of the molecule is NC[C@H](O)c1ccc(O)c(O)c1C=O. The average Bonchev–Trinajstić information content (AvgIpc) is 2.20. The fourth-order valence-corrected chi connectivity index (χ4v) is 1.15. The second-order valence-corrected chi connectivity index (χ2v) is 2.81. The van der Waals surface area contributed by atoms with Crippen LogP contribution in [0, 0.1) is 0 Å². The minimum atomic E-state index is -1.03. The van der Waals surface area contributed by atoms with E-state index >= 15 is 0 Å². The van der Waals surface area contributed by atoms with Crippen LogP contribution in [-0.2, 0) is 0 Å². The fourth-order valence-electron chi connectivity index (χ4n) is 1.15. The minimum Gasteiger partial charge on any atom is -0.504 e. The molecule has 76 valence electrons. The Kier molecular flexibility index (Phi) is 3.06. The number of nitrogens with two attached hydrogens (primary N) is 1. The van der Waals surface area contributed by atoms with Gasteiger partial charge in [0.2, 0.25) is 0 Å². The molecule has 1 aromatic rings. The van der Waals surface area contributed by atoms with E-state index in [2.05, 4.69) is 0 Å². The Morgan fingerprint density at radius 1 is 1.43 bits per heavy atom. The summed E-state index contributed by atoms with van der Waals surface area (Å²) >= 11 is 0. The second kappa shape index (κ2) is 4.08. The Morgan fingerprint density at radius 3 is 2.57 bits per heavy atom. The number of rotatable bonds is 3. The first kappa shape index (κ1) is 10.5. The van der Waals surface area contributed by atoms with Crippen molar-refractivity contribution in [2.75, 3.05) is 6.54 Å². The summed E-state index contributed by atoms with van der Waals surface area (Å²) in [5.41, 5.74) is 5.28. The van der Waals surface area contributed by atoms with E-state index in [0.29, 0.717) is 6.29 Å². The summed E-state index contributed by atoms with van der Waals surface area (Å²) in [6.07, 6.45) is -0.662. The Bertz CT molecular complexity index is 351. The van der Waals surface area contributed by atoms with Crippen molar-refractivity contribution in [2.45, 2.75) is 6.10 Å². The van der Waals surface area contributed by atoms with E-state index in [0.717, 1.165) is 0 Å². The van der Waals surface area contributed by atoms with Gasteiger partial charge in [0.1, 0.15) is 0 Å². The number of aliphatic hydroxyl groups is 1. The van der Waals surface area contributed by atoms with Crippen LogP contribution in [0.15, 0.2) is 12.1 Å². The maximum absolute atomic E-state index is 10.6. The molecule has 0 radical (unpaired) electrons.